The van der Waals surface area contributed by atoms with Gasteiger partial charge in [-0.25, -0.2) is 22.9 Å². The summed E-state index contributed by atoms with van der Waals surface area (Å²) in [6, 6.07) is 9.25. The van der Waals surface area contributed by atoms with E-state index in [2.05, 4.69) is 15.3 Å². The van der Waals surface area contributed by atoms with Crippen molar-refractivity contribution in [3.05, 3.63) is 104 Å². The molecule has 0 unspecified atom stereocenters. The average Bonchev–Trinajstić information content (AvgIpc) is 3.98. The number of pyridine rings is 2. The standard InChI is InChI=1S/C37H36F2N6O6/c1-21-14-24(44-12-13-50-20-25(44)17-38)16-28(39)32(21)34(46)42-29(36(48)51-19-22-5-6-22)15-23-7-8-30(33-26(23)4-3-10-41-33)45-35(47)27-9-11-40-18-31(27)43(2)37(45)49/h3-4,7-11,14,16,18,22,25,29H,5-6,12-13,15,17,19-20H2,1-2H3,(H,42,46)/t25-,29-/m0/s1. The van der Waals surface area contributed by atoms with Crippen LogP contribution in [0.4, 0.5) is 14.5 Å². The van der Waals surface area contributed by atoms with Crippen molar-refractivity contribution < 1.29 is 27.8 Å². The fourth-order valence-corrected chi connectivity index (χ4v) is 6.61. The second-order valence-electron chi connectivity index (χ2n) is 13.0. The van der Waals surface area contributed by atoms with Crippen LogP contribution >= 0.6 is 0 Å². The van der Waals surface area contributed by atoms with Crippen molar-refractivity contribution in [1.29, 1.82) is 0 Å². The smallest absolute Gasteiger partial charge is 0.335 e. The van der Waals surface area contributed by atoms with Gasteiger partial charge in [-0.2, -0.15) is 0 Å². The number of halogens is 2. The second-order valence-corrected chi connectivity index (χ2v) is 13.0. The monoisotopic (exact) mass is 698 g/mol. The van der Waals surface area contributed by atoms with Crippen molar-refractivity contribution in [2.24, 2.45) is 13.0 Å². The second kappa shape index (κ2) is 14.0. The first-order chi connectivity index (χ1) is 24.7. The molecule has 51 heavy (non-hydrogen) atoms. The molecule has 14 heteroatoms. The zero-order chi connectivity index (χ0) is 35.8. The Balaban J connectivity index is 1.23. The lowest BCUT2D eigenvalue weighted by molar-refractivity contribution is -0.146. The summed E-state index contributed by atoms with van der Waals surface area (Å²) >= 11 is 0. The van der Waals surface area contributed by atoms with Crippen LogP contribution in [0.25, 0.3) is 27.5 Å². The SMILES string of the molecule is Cc1cc(N2CCOC[C@@H]2CF)cc(F)c1C(=O)N[C@@H](Cc1ccc(-n2c(=O)c3ccncc3n(C)c2=O)c2ncccc12)C(=O)OCC1CC1. The van der Waals surface area contributed by atoms with E-state index in [1.54, 1.807) is 55.3 Å². The molecule has 2 aromatic carbocycles. The molecule has 264 valence electrons. The number of alkyl halides is 1. The fourth-order valence-electron chi connectivity index (χ4n) is 6.61. The van der Waals surface area contributed by atoms with Crippen LogP contribution in [0.15, 0.2) is 70.6 Å². The Morgan fingerprint density at radius 2 is 1.94 bits per heavy atom. The van der Waals surface area contributed by atoms with Crippen LogP contribution in [0.3, 0.4) is 0 Å². The first kappa shape index (κ1) is 34.0. The highest BCUT2D eigenvalue weighted by molar-refractivity contribution is 5.99. The maximum atomic E-state index is 15.7. The van der Waals surface area contributed by atoms with Crippen molar-refractivity contribution >= 4 is 39.4 Å². The average molecular weight is 699 g/mol. The van der Waals surface area contributed by atoms with Crippen LogP contribution in [0.1, 0.15) is 34.3 Å². The quantitative estimate of drug-likeness (QED) is 0.217. The van der Waals surface area contributed by atoms with Crippen molar-refractivity contribution in [2.75, 3.05) is 37.9 Å². The molecule has 1 saturated heterocycles. The van der Waals surface area contributed by atoms with Crippen LogP contribution in [0.2, 0.25) is 0 Å². The Bertz CT molecular complexity index is 2260. The minimum atomic E-state index is -1.22. The molecule has 2 aliphatic rings. The van der Waals surface area contributed by atoms with Crippen molar-refractivity contribution in [1.82, 2.24) is 24.4 Å². The van der Waals surface area contributed by atoms with Gasteiger partial charge >= 0.3 is 11.7 Å². The number of carbonyl (C=O) groups excluding carboxylic acids is 2. The van der Waals surface area contributed by atoms with Gasteiger partial charge in [0.1, 0.15) is 18.5 Å². The number of aryl methyl sites for hydroxylation is 2. The number of morpholine rings is 1. The summed E-state index contributed by atoms with van der Waals surface area (Å²) in [7, 11) is 1.55. The molecule has 1 saturated carbocycles. The number of nitrogens with one attached hydrogen (secondary N) is 1. The first-order valence-electron chi connectivity index (χ1n) is 16.8. The Kier molecular flexibility index (Phi) is 9.34. The summed E-state index contributed by atoms with van der Waals surface area (Å²) in [6.07, 6.45) is 6.28. The molecule has 12 nitrogen and oxygen atoms in total. The van der Waals surface area contributed by atoms with E-state index in [-0.39, 0.29) is 36.8 Å². The third kappa shape index (κ3) is 6.58. The molecule has 7 rings (SSSR count). The number of ether oxygens (including phenoxy) is 2. The summed E-state index contributed by atoms with van der Waals surface area (Å²) in [6.45, 7) is 2.02. The number of carbonyl (C=O) groups is 2. The highest BCUT2D eigenvalue weighted by Crippen LogP contribution is 2.30. The lowest BCUT2D eigenvalue weighted by Crippen LogP contribution is -2.47. The lowest BCUT2D eigenvalue weighted by atomic mass is 9.99. The number of fused-ring (bicyclic) bond motifs is 2. The van der Waals surface area contributed by atoms with E-state index in [9.17, 15) is 23.6 Å². The Labute approximate surface area is 290 Å². The summed E-state index contributed by atoms with van der Waals surface area (Å²) in [5, 5.41) is 3.53. The van der Waals surface area contributed by atoms with E-state index in [4.69, 9.17) is 9.47 Å². The molecule has 0 bridgehead atoms. The number of amides is 1. The number of nitrogens with zero attached hydrogens (tertiary/aromatic N) is 5. The van der Waals surface area contributed by atoms with Gasteiger partial charge in [-0.15, -0.1) is 0 Å². The molecule has 0 spiro atoms. The predicted octanol–water partition coefficient (Wildman–Crippen LogP) is 3.55. The molecule has 1 amide bonds. The van der Waals surface area contributed by atoms with Crippen LogP contribution in [-0.2, 0) is 27.7 Å². The molecule has 1 aliphatic carbocycles. The van der Waals surface area contributed by atoms with Crippen molar-refractivity contribution in [3.63, 3.8) is 0 Å². The molecular weight excluding hydrogens is 662 g/mol. The summed E-state index contributed by atoms with van der Waals surface area (Å²) in [5.41, 5.74) is 0.891. The molecular formula is C37H36F2N6O6. The van der Waals surface area contributed by atoms with E-state index >= 15 is 4.39 Å². The molecule has 2 atom stereocenters. The highest BCUT2D eigenvalue weighted by Gasteiger charge is 2.31. The van der Waals surface area contributed by atoms with E-state index in [0.717, 1.165) is 17.4 Å². The number of aromatic nitrogens is 4. The van der Waals surface area contributed by atoms with Crippen LogP contribution < -0.4 is 21.5 Å². The van der Waals surface area contributed by atoms with Gasteiger partial charge < -0.3 is 19.7 Å². The number of benzene rings is 2. The Hall–Kier alpha value is -5.50. The van der Waals surface area contributed by atoms with E-state index in [1.807, 2.05) is 0 Å². The molecule has 3 aromatic heterocycles. The normalized spacial score (nSPS) is 16.7. The van der Waals surface area contributed by atoms with E-state index in [0.29, 0.717) is 51.8 Å². The minimum absolute atomic E-state index is 0.0568. The molecule has 1 N–H and O–H groups in total. The number of hydrogen-bond acceptors (Lipinski definition) is 9. The van der Waals surface area contributed by atoms with Gasteiger partial charge in [-0.3, -0.25) is 24.1 Å². The fraction of sp³-hybridized carbons (Fsp3) is 0.351. The predicted molar refractivity (Wildman–Crippen MR) is 186 cm³/mol. The number of esters is 1. The lowest BCUT2D eigenvalue weighted by Gasteiger charge is -2.36. The molecule has 1 aliphatic heterocycles. The highest BCUT2D eigenvalue weighted by atomic mass is 19.1. The topological polar surface area (TPSA) is 138 Å². The first-order valence-corrected chi connectivity index (χ1v) is 16.8. The van der Waals surface area contributed by atoms with Crippen LogP contribution in [-0.4, -0.2) is 76.1 Å². The van der Waals surface area contributed by atoms with E-state index in [1.165, 1.54) is 29.2 Å². The maximum absolute atomic E-state index is 15.7. The summed E-state index contributed by atoms with van der Waals surface area (Å²) in [4.78, 5) is 64.6. The maximum Gasteiger partial charge on any atom is 0.335 e. The molecule has 5 aromatic rings. The summed E-state index contributed by atoms with van der Waals surface area (Å²) < 4.78 is 42.7. The molecule has 0 radical (unpaired) electrons. The molecule has 4 heterocycles. The van der Waals surface area contributed by atoms with Gasteiger partial charge in [-0.05, 0) is 67.1 Å². The van der Waals surface area contributed by atoms with Gasteiger partial charge in [0, 0.05) is 43.5 Å². The van der Waals surface area contributed by atoms with E-state index < -0.39 is 47.7 Å². The Morgan fingerprint density at radius 3 is 2.71 bits per heavy atom. The third-order valence-corrected chi connectivity index (χ3v) is 9.56. The van der Waals surface area contributed by atoms with Gasteiger partial charge in [0.15, 0.2) is 0 Å². The summed E-state index contributed by atoms with van der Waals surface area (Å²) in [5.74, 6) is -2.05. The van der Waals surface area contributed by atoms with Crippen LogP contribution in [0.5, 0.6) is 0 Å². The molecule has 2 fully saturated rings. The largest absolute Gasteiger partial charge is 0.464 e. The van der Waals surface area contributed by atoms with Gasteiger partial charge in [-0.1, -0.05) is 12.1 Å². The zero-order valence-electron chi connectivity index (χ0n) is 28.1. The zero-order valence-corrected chi connectivity index (χ0v) is 28.1. The van der Waals surface area contributed by atoms with Gasteiger partial charge in [0.25, 0.3) is 11.5 Å². The van der Waals surface area contributed by atoms with Gasteiger partial charge in [0.05, 0.1) is 59.7 Å². The van der Waals surface area contributed by atoms with Gasteiger partial charge in [0.2, 0.25) is 0 Å². The number of rotatable bonds is 10. The number of anilines is 1. The minimum Gasteiger partial charge on any atom is -0.464 e. The van der Waals surface area contributed by atoms with Crippen molar-refractivity contribution in [3.8, 4) is 5.69 Å². The third-order valence-electron chi connectivity index (χ3n) is 9.56. The Morgan fingerprint density at radius 1 is 1.12 bits per heavy atom. The van der Waals surface area contributed by atoms with Crippen molar-refractivity contribution in [2.45, 2.75) is 38.3 Å². The number of hydrogen-bond donors (Lipinski definition) is 1. The van der Waals surface area contributed by atoms with Crippen LogP contribution in [0, 0.1) is 18.7 Å².